The molecule has 0 saturated heterocycles. The van der Waals surface area contributed by atoms with Gasteiger partial charge < -0.3 is 10.6 Å². The maximum Gasteiger partial charge on any atom is 0.124 e. The number of aryl methyl sites for hydroxylation is 1. The van der Waals surface area contributed by atoms with Crippen molar-refractivity contribution in [1.82, 2.24) is 0 Å². The van der Waals surface area contributed by atoms with Gasteiger partial charge in [-0.3, -0.25) is 5.41 Å². The Hall–Kier alpha value is -1.51. The van der Waals surface area contributed by atoms with Crippen molar-refractivity contribution in [3.63, 3.8) is 0 Å². The Kier molecular flexibility index (Phi) is 3.81. The van der Waals surface area contributed by atoms with E-state index in [0.29, 0.717) is 0 Å². The highest BCUT2D eigenvalue weighted by Gasteiger charge is 2.17. The zero-order valence-corrected chi connectivity index (χ0v) is 11.5. The SMILES string of the molecule is Cc1ccc(C(=N)N)c(N(C)CC(C)(C)C)c1. The summed E-state index contributed by atoms with van der Waals surface area (Å²) in [5, 5.41) is 7.62. The van der Waals surface area contributed by atoms with Crippen LogP contribution in [-0.2, 0) is 0 Å². The van der Waals surface area contributed by atoms with E-state index in [9.17, 15) is 0 Å². The largest absolute Gasteiger partial charge is 0.384 e. The number of benzene rings is 1. The molecule has 0 bridgehead atoms. The first-order valence-electron chi connectivity index (χ1n) is 5.87. The zero-order chi connectivity index (χ0) is 13.2. The van der Waals surface area contributed by atoms with Crippen LogP contribution in [0.25, 0.3) is 0 Å². The molecule has 1 aromatic rings. The van der Waals surface area contributed by atoms with E-state index < -0.39 is 0 Å². The van der Waals surface area contributed by atoms with Crippen LogP contribution in [0.15, 0.2) is 18.2 Å². The second-order valence-electron chi connectivity index (χ2n) is 5.85. The van der Waals surface area contributed by atoms with Gasteiger partial charge in [-0.15, -0.1) is 0 Å². The van der Waals surface area contributed by atoms with E-state index in [1.807, 2.05) is 19.2 Å². The quantitative estimate of drug-likeness (QED) is 0.623. The normalized spacial score (nSPS) is 11.4. The van der Waals surface area contributed by atoms with Crippen LogP contribution in [0.2, 0.25) is 0 Å². The minimum Gasteiger partial charge on any atom is -0.384 e. The molecule has 0 aromatic heterocycles. The average Bonchev–Trinajstić information content (AvgIpc) is 2.14. The van der Waals surface area contributed by atoms with E-state index in [1.54, 1.807) is 0 Å². The molecule has 1 rings (SSSR count). The van der Waals surface area contributed by atoms with E-state index in [1.165, 1.54) is 5.56 Å². The molecule has 1 aromatic carbocycles. The third-order valence-corrected chi connectivity index (χ3v) is 2.57. The summed E-state index contributed by atoms with van der Waals surface area (Å²) < 4.78 is 0. The molecule has 0 heterocycles. The minimum atomic E-state index is 0.126. The second kappa shape index (κ2) is 4.78. The van der Waals surface area contributed by atoms with Crippen LogP contribution >= 0.6 is 0 Å². The molecule has 0 spiro atoms. The molecule has 0 unspecified atom stereocenters. The van der Waals surface area contributed by atoms with Crippen LogP contribution in [-0.4, -0.2) is 19.4 Å². The molecular weight excluding hydrogens is 210 g/mol. The van der Waals surface area contributed by atoms with Crippen LogP contribution in [0.3, 0.4) is 0 Å². The van der Waals surface area contributed by atoms with Crippen LogP contribution in [0.4, 0.5) is 5.69 Å². The van der Waals surface area contributed by atoms with Crippen molar-refractivity contribution in [2.45, 2.75) is 27.7 Å². The van der Waals surface area contributed by atoms with E-state index >= 15 is 0 Å². The highest BCUT2D eigenvalue weighted by atomic mass is 15.1. The molecule has 0 aliphatic carbocycles. The predicted molar refractivity (Wildman–Crippen MR) is 74.9 cm³/mol. The van der Waals surface area contributed by atoms with Crippen LogP contribution in [0.1, 0.15) is 31.9 Å². The maximum absolute atomic E-state index is 7.62. The lowest BCUT2D eigenvalue weighted by Crippen LogP contribution is -2.31. The van der Waals surface area contributed by atoms with Crippen molar-refractivity contribution in [2.75, 3.05) is 18.5 Å². The Morgan fingerprint density at radius 3 is 2.41 bits per heavy atom. The second-order valence-corrected chi connectivity index (χ2v) is 5.85. The summed E-state index contributed by atoms with van der Waals surface area (Å²) in [6.45, 7) is 9.58. The number of nitrogens with zero attached hydrogens (tertiary/aromatic N) is 1. The lowest BCUT2D eigenvalue weighted by atomic mass is 9.95. The predicted octanol–water partition coefficient (Wildman–Crippen LogP) is 2.76. The van der Waals surface area contributed by atoms with Gasteiger partial charge in [-0.05, 0) is 30.0 Å². The monoisotopic (exact) mass is 233 g/mol. The summed E-state index contributed by atoms with van der Waals surface area (Å²) in [6, 6.07) is 6.00. The van der Waals surface area contributed by atoms with Gasteiger partial charge in [0.05, 0.1) is 0 Å². The Balaban J connectivity index is 3.10. The van der Waals surface area contributed by atoms with Crippen LogP contribution in [0, 0.1) is 17.7 Å². The van der Waals surface area contributed by atoms with E-state index in [4.69, 9.17) is 11.1 Å². The number of rotatable bonds is 3. The molecule has 0 aliphatic rings. The summed E-state index contributed by atoms with van der Waals surface area (Å²) in [4.78, 5) is 2.17. The molecule has 0 fully saturated rings. The van der Waals surface area contributed by atoms with Crippen molar-refractivity contribution < 1.29 is 0 Å². The van der Waals surface area contributed by atoms with Crippen molar-refractivity contribution in [2.24, 2.45) is 11.1 Å². The number of anilines is 1. The molecule has 0 radical (unpaired) electrons. The molecule has 17 heavy (non-hydrogen) atoms. The first-order chi connectivity index (χ1) is 7.70. The fraction of sp³-hybridized carbons (Fsp3) is 0.500. The van der Waals surface area contributed by atoms with Crippen molar-refractivity contribution in [3.05, 3.63) is 29.3 Å². The van der Waals surface area contributed by atoms with E-state index in [0.717, 1.165) is 17.8 Å². The highest BCUT2D eigenvalue weighted by molar-refractivity contribution is 6.00. The highest BCUT2D eigenvalue weighted by Crippen LogP contribution is 2.24. The fourth-order valence-electron chi connectivity index (χ4n) is 1.98. The molecule has 3 N–H and O–H groups in total. The van der Waals surface area contributed by atoms with Crippen molar-refractivity contribution in [3.8, 4) is 0 Å². The smallest absolute Gasteiger partial charge is 0.124 e. The third-order valence-electron chi connectivity index (χ3n) is 2.57. The molecule has 3 heteroatoms. The maximum atomic E-state index is 7.62. The Morgan fingerprint density at radius 1 is 1.35 bits per heavy atom. The topological polar surface area (TPSA) is 53.1 Å². The number of hydrogen-bond acceptors (Lipinski definition) is 2. The lowest BCUT2D eigenvalue weighted by molar-refractivity contribution is 0.419. The summed E-state index contributed by atoms with van der Waals surface area (Å²) in [6.07, 6.45) is 0. The summed E-state index contributed by atoms with van der Waals surface area (Å²) in [5.41, 5.74) is 8.87. The molecule has 0 amide bonds. The average molecular weight is 233 g/mol. The van der Waals surface area contributed by atoms with Gasteiger partial charge in [-0.1, -0.05) is 26.8 Å². The van der Waals surface area contributed by atoms with Gasteiger partial charge in [0, 0.05) is 24.8 Å². The van der Waals surface area contributed by atoms with E-state index in [-0.39, 0.29) is 11.3 Å². The van der Waals surface area contributed by atoms with Crippen molar-refractivity contribution >= 4 is 11.5 Å². The number of amidine groups is 1. The minimum absolute atomic E-state index is 0.126. The summed E-state index contributed by atoms with van der Waals surface area (Å²) >= 11 is 0. The standard InChI is InChI=1S/C14H23N3/c1-10-6-7-11(13(15)16)12(8-10)17(5)9-14(2,3)4/h6-8H,9H2,1-5H3,(H3,15,16). The lowest BCUT2D eigenvalue weighted by Gasteiger charge is -2.30. The molecule has 3 nitrogen and oxygen atoms in total. The van der Waals surface area contributed by atoms with Gasteiger partial charge in [0.25, 0.3) is 0 Å². The van der Waals surface area contributed by atoms with Crippen LogP contribution in [0.5, 0.6) is 0 Å². The summed E-state index contributed by atoms with van der Waals surface area (Å²) in [7, 11) is 2.05. The van der Waals surface area contributed by atoms with Gasteiger partial charge in [-0.2, -0.15) is 0 Å². The third kappa shape index (κ3) is 3.77. The Morgan fingerprint density at radius 2 is 1.94 bits per heavy atom. The molecule has 0 atom stereocenters. The molecule has 0 aliphatic heterocycles. The molecule has 0 saturated carbocycles. The first-order valence-corrected chi connectivity index (χ1v) is 5.87. The number of nitrogen functional groups attached to an aromatic ring is 1. The van der Waals surface area contributed by atoms with Gasteiger partial charge >= 0.3 is 0 Å². The van der Waals surface area contributed by atoms with Crippen molar-refractivity contribution in [1.29, 1.82) is 5.41 Å². The van der Waals surface area contributed by atoms with Gasteiger partial charge in [0.15, 0.2) is 0 Å². The fourth-order valence-corrected chi connectivity index (χ4v) is 1.98. The zero-order valence-electron chi connectivity index (χ0n) is 11.5. The Labute approximate surface area is 104 Å². The Bertz CT molecular complexity index is 416. The van der Waals surface area contributed by atoms with E-state index in [2.05, 4.69) is 38.7 Å². The number of hydrogen-bond donors (Lipinski definition) is 2. The first kappa shape index (κ1) is 13.6. The summed E-state index contributed by atoms with van der Waals surface area (Å²) in [5.74, 6) is 0.126. The van der Waals surface area contributed by atoms with Gasteiger partial charge in [0.2, 0.25) is 0 Å². The molecular formula is C14H23N3. The number of nitrogens with one attached hydrogen (secondary N) is 1. The van der Waals surface area contributed by atoms with Gasteiger partial charge in [-0.25, -0.2) is 0 Å². The number of nitrogens with two attached hydrogens (primary N) is 1. The molecule has 94 valence electrons. The van der Waals surface area contributed by atoms with Crippen LogP contribution < -0.4 is 10.6 Å². The van der Waals surface area contributed by atoms with Gasteiger partial charge in [0.1, 0.15) is 5.84 Å².